The van der Waals surface area contributed by atoms with E-state index in [-0.39, 0.29) is 5.91 Å². The van der Waals surface area contributed by atoms with Crippen LogP contribution in [0.1, 0.15) is 30.1 Å². The van der Waals surface area contributed by atoms with Crippen molar-refractivity contribution in [2.24, 2.45) is 0 Å². The van der Waals surface area contributed by atoms with Gasteiger partial charge in [-0.15, -0.1) is 0 Å². The van der Waals surface area contributed by atoms with Crippen LogP contribution in [0.15, 0.2) is 18.2 Å². The largest absolute Gasteiger partial charge is 0.376 e. The molecule has 1 aromatic heterocycles. The van der Waals surface area contributed by atoms with Crippen molar-refractivity contribution >= 4 is 16.9 Å². The number of fused-ring (bicyclic) bond motifs is 1. The third-order valence-electron chi connectivity index (χ3n) is 5.10. The number of piperidine rings is 1. The van der Waals surface area contributed by atoms with E-state index in [1.165, 1.54) is 0 Å². The summed E-state index contributed by atoms with van der Waals surface area (Å²) in [4.78, 5) is 17.2. The molecule has 2 aromatic rings. The molecular weight excluding hydrogens is 306 g/mol. The second kappa shape index (κ2) is 6.49. The third kappa shape index (κ3) is 3.01. The molecule has 2 aliphatic heterocycles. The second-order valence-electron chi connectivity index (χ2n) is 6.73. The second-order valence-corrected chi connectivity index (χ2v) is 6.73. The summed E-state index contributed by atoms with van der Waals surface area (Å²) in [6.45, 7) is 6.58. The Labute approximate surface area is 140 Å². The predicted octanol–water partition coefficient (Wildman–Crippen LogP) is 1.28. The minimum Gasteiger partial charge on any atom is -0.376 e. The number of nitrogens with one attached hydrogen (secondary N) is 1. The van der Waals surface area contributed by atoms with Gasteiger partial charge in [0.05, 0.1) is 12.7 Å². The Balaban J connectivity index is 1.38. The molecule has 0 radical (unpaired) electrons. The molecule has 0 aliphatic carbocycles. The zero-order chi connectivity index (χ0) is 16.5. The van der Waals surface area contributed by atoms with Gasteiger partial charge in [0, 0.05) is 37.8 Å². The first-order valence-electron chi connectivity index (χ1n) is 8.66. The maximum Gasteiger partial charge on any atom is 0.253 e. The van der Waals surface area contributed by atoms with Crippen LogP contribution in [0.5, 0.6) is 0 Å². The van der Waals surface area contributed by atoms with Gasteiger partial charge in [-0.05, 0) is 38.0 Å². The minimum absolute atomic E-state index is 0.0914. The van der Waals surface area contributed by atoms with Crippen molar-refractivity contribution in [3.8, 4) is 0 Å². The van der Waals surface area contributed by atoms with E-state index >= 15 is 0 Å². The summed E-state index contributed by atoms with van der Waals surface area (Å²) >= 11 is 0. The van der Waals surface area contributed by atoms with Crippen LogP contribution in [-0.2, 0) is 4.74 Å². The number of ether oxygens (including phenoxy) is 1. The first kappa shape index (κ1) is 15.5. The van der Waals surface area contributed by atoms with Gasteiger partial charge in [-0.2, -0.15) is 15.4 Å². The Bertz CT molecular complexity index is 723. The summed E-state index contributed by atoms with van der Waals surface area (Å²) < 4.78 is 5.62. The lowest BCUT2D eigenvalue weighted by Gasteiger charge is -2.41. The van der Waals surface area contributed by atoms with Gasteiger partial charge >= 0.3 is 0 Å². The fourth-order valence-electron chi connectivity index (χ4n) is 3.77. The molecule has 0 spiro atoms. The van der Waals surface area contributed by atoms with E-state index in [0.29, 0.717) is 17.7 Å². The summed E-state index contributed by atoms with van der Waals surface area (Å²) in [7, 11) is 0. The van der Waals surface area contributed by atoms with Gasteiger partial charge in [-0.3, -0.25) is 9.69 Å². The van der Waals surface area contributed by atoms with E-state index in [0.717, 1.165) is 56.7 Å². The van der Waals surface area contributed by atoms with Crippen molar-refractivity contribution in [1.29, 1.82) is 0 Å². The molecule has 128 valence electrons. The van der Waals surface area contributed by atoms with E-state index in [9.17, 15) is 4.79 Å². The summed E-state index contributed by atoms with van der Waals surface area (Å²) in [5.74, 6) is 0.0914. The standard InChI is InChI=1S/C17H23N5O2/c1-12-11-22(8-9-24-12)14-4-6-21(7-5-14)17(23)13-2-3-15-16(10-13)19-20-18-15/h2-3,10,12,14H,4-9,11H2,1H3,(H,18,19,20). The molecule has 7 heteroatoms. The zero-order valence-corrected chi connectivity index (χ0v) is 13.9. The highest BCUT2D eigenvalue weighted by Gasteiger charge is 2.29. The number of benzene rings is 1. The van der Waals surface area contributed by atoms with Gasteiger partial charge in [-0.1, -0.05) is 0 Å². The monoisotopic (exact) mass is 329 g/mol. The molecule has 1 aromatic carbocycles. The lowest BCUT2D eigenvalue weighted by molar-refractivity contribution is -0.0423. The number of nitrogens with zero attached hydrogens (tertiary/aromatic N) is 4. The van der Waals surface area contributed by atoms with E-state index < -0.39 is 0 Å². The smallest absolute Gasteiger partial charge is 0.253 e. The number of rotatable bonds is 2. The molecule has 3 heterocycles. The molecule has 1 amide bonds. The number of aromatic amines is 1. The third-order valence-corrected chi connectivity index (χ3v) is 5.10. The molecule has 1 N–H and O–H groups in total. The van der Waals surface area contributed by atoms with E-state index in [2.05, 4.69) is 27.2 Å². The van der Waals surface area contributed by atoms with Gasteiger partial charge in [0.1, 0.15) is 11.0 Å². The van der Waals surface area contributed by atoms with Crippen molar-refractivity contribution in [2.75, 3.05) is 32.8 Å². The van der Waals surface area contributed by atoms with Crippen molar-refractivity contribution in [2.45, 2.75) is 31.9 Å². The Morgan fingerprint density at radius 2 is 2.00 bits per heavy atom. The van der Waals surface area contributed by atoms with Crippen molar-refractivity contribution in [3.63, 3.8) is 0 Å². The molecule has 2 aliphatic rings. The van der Waals surface area contributed by atoms with Crippen LogP contribution in [0.3, 0.4) is 0 Å². The van der Waals surface area contributed by atoms with Crippen LogP contribution < -0.4 is 0 Å². The van der Waals surface area contributed by atoms with Crippen LogP contribution in [0, 0.1) is 0 Å². The van der Waals surface area contributed by atoms with Crippen LogP contribution in [0.2, 0.25) is 0 Å². The molecule has 7 nitrogen and oxygen atoms in total. The molecule has 0 saturated carbocycles. The number of H-pyrrole nitrogens is 1. The fraction of sp³-hybridized carbons (Fsp3) is 0.588. The summed E-state index contributed by atoms with van der Waals surface area (Å²) in [6.07, 6.45) is 2.38. The number of hydrogen-bond acceptors (Lipinski definition) is 5. The van der Waals surface area contributed by atoms with Gasteiger partial charge in [-0.25, -0.2) is 0 Å². The first-order chi connectivity index (χ1) is 11.7. The van der Waals surface area contributed by atoms with Crippen molar-refractivity contribution in [3.05, 3.63) is 23.8 Å². The van der Waals surface area contributed by atoms with Gasteiger partial charge in [0.25, 0.3) is 5.91 Å². The highest BCUT2D eigenvalue weighted by atomic mass is 16.5. The molecule has 24 heavy (non-hydrogen) atoms. The summed E-state index contributed by atoms with van der Waals surface area (Å²) in [5, 5.41) is 10.7. The first-order valence-corrected chi connectivity index (χ1v) is 8.66. The highest BCUT2D eigenvalue weighted by molar-refractivity contribution is 5.97. The molecule has 2 fully saturated rings. The SMILES string of the molecule is CC1CN(C2CCN(C(=O)c3ccc4n[nH]nc4c3)CC2)CCO1. The van der Waals surface area contributed by atoms with E-state index in [1.807, 2.05) is 23.1 Å². The quantitative estimate of drug-likeness (QED) is 0.898. The number of likely N-dealkylation sites (tertiary alicyclic amines) is 1. The number of morpholine rings is 1. The number of carbonyl (C=O) groups excluding carboxylic acids is 1. The molecule has 4 rings (SSSR count). The van der Waals surface area contributed by atoms with E-state index in [1.54, 1.807) is 0 Å². The van der Waals surface area contributed by atoms with Gasteiger partial charge in [0.2, 0.25) is 0 Å². The number of carbonyl (C=O) groups is 1. The van der Waals surface area contributed by atoms with Crippen LogP contribution in [0.4, 0.5) is 0 Å². The normalized spacial score (nSPS) is 23.7. The van der Waals surface area contributed by atoms with Crippen LogP contribution in [0.25, 0.3) is 11.0 Å². The predicted molar refractivity (Wildman–Crippen MR) is 89.8 cm³/mol. The van der Waals surface area contributed by atoms with Crippen LogP contribution >= 0.6 is 0 Å². The Kier molecular flexibility index (Phi) is 4.20. The molecule has 0 bridgehead atoms. The maximum absolute atomic E-state index is 12.7. The zero-order valence-electron chi connectivity index (χ0n) is 13.9. The average molecular weight is 329 g/mol. The summed E-state index contributed by atoms with van der Waals surface area (Å²) in [6, 6.07) is 6.06. The number of hydrogen-bond donors (Lipinski definition) is 1. The molecule has 1 unspecified atom stereocenters. The highest BCUT2D eigenvalue weighted by Crippen LogP contribution is 2.21. The van der Waals surface area contributed by atoms with Crippen LogP contribution in [-0.4, -0.2) is 76.0 Å². The summed E-state index contributed by atoms with van der Waals surface area (Å²) in [5.41, 5.74) is 2.21. The fourth-order valence-corrected chi connectivity index (χ4v) is 3.77. The van der Waals surface area contributed by atoms with Gasteiger partial charge < -0.3 is 9.64 Å². The number of amides is 1. The molecule has 2 saturated heterocycles. The van der Waals surface area contributed by atoms with E-state index in [4.69, 9.17) is 4.74 Å². The minimum atomic E-state index is 0.0914. The lowest BCUT2D eigenvalue weighted by atomic mass is 10.0. The lowest BCUT2D eigenvalue weighted by Crippen LogP contribution is -2.51. The van der Waals surface area contributed by atoms with Crippen molar-refractivity contribution in [1.82, 2.24) is 25.2 Å². The Morgan fingerprint density at radius 3 is 2.79 bits per heavy atom. The average Bonchev–Trinajstić information content (AvgIpc) is 3.09. The Morgan fingerprint density at radius 1 is 1.21 bits per heavy atom. The van der Waals surface area contributed by atoms with Gasteiger partial charge in [0.15, 0.2) is 0 Å². The number of aromatic nitrogens is 3. The topological polar surface area (TPSA) is 74.4 Å². The molecular formula is C17H23N5O2. The molecule has 1 atom stereocenters. The van der Waals surface area contributed by atoms with Crippen molar-refractivity contribution < 1.29 is 9.53 Å². The Hall–Kier alpha value is -1.99. The maximum atomic E-state index is 12.7.